The summed E-state index contributed by atoms with van der Waals surface area (Å²) >= 11 is 0. The summed E-state index contributed by atoms with van der Waals surface area (Å²) in [6.07, 6.45) is 1.91. The monoisotopic (exact) mass is 349 g/mol. The Balaban J connectivity index is 1.79. The van der Waals surface area contributed by atoms with Crippen LogP contribution >= 0.6 is 0 Å². The molecule has 1 fully saturated rings. The first-order valence-corrected chi connectivity index (χ1v) is 9.14. The number of carbonyl (C=O) groups is 1. The number of imidazole rings is 1. The number of rotatable bonds is 5. The number of hydrogen-bond acceptors (Lipinski definition) is 2. The minimum absolute atomic E-state index is 0.0813. The fourth-order valence-electron chi connectivity index (χ4n) is 3.34. The molecule has 1 aliphatic rings. The molecule has 1 aromatic heterocycles. The molecule has 1 amide bonds. The molecule has 26 heavy (non-hydrogen) atoms. The average molecular weight is 349 g/mol. The van der Waals surface area contributed by atoms with Gasteiger partial charge in [-0.1, -0.05) is 50.2 Å². The van der Waals surface area contributed by atoms with E-state index in [2.05, 4.69) is 53.4 Å². The first-order valence-electron chi connectivity index (χ1n) is 9.14. The Labute approximate surface area is 151 Å². The molecule has 3 aromatic rings. The van der Waals surface area contributed by atoms with Crippen LogP contribution in [0.2, 0.25) is 0 Å². The lowest BCUT2D eigenvalue weighted by molar-refractivity contribution is -0.122. The Morgan fingerprint density at radius 1 is 1.04 bits per heavy atom. The van der Waals surface area contributed by atoms with Gasteiger partial charge in [0.05, 0.1) is 17.1 Å². The van der Waals surface area contributed by atoms with E-state index < -0.39 is 0 Å². The number of carbonyl (C=O) groups excluding carboxylic acids is 1. The number of aromatic nitrogens is 2. The van der Waals surface area contributed by atoms with Gasteiger partial charge in [0.2, 0.25) is 5.91 Å². The molecule has 1 unspecified atom stereocenters. The molecule has 0 saturated heterocycles. The summed E-state index contributed by atoms with van der Waals surface area (Å²) in [6.45, 7) is 4.32. The van der Waals surface area contributed by atoms with Crippen LogP contribution in [0, 0.1) is 5.92 Å². The molecule has 0 spiro atoms. The van der Waals surface area contributed by atoms with Crippen LogP contribution in [-0.4, -0.2) is 15.9 Å². The third-order valence-corrected chi connectivity index (χ3v) is 5.07. The number of para-hydroxylation sites is 1. The molecule has 0 radical (unpaired) electrons. The number of benzene rings is 2. The van der Waals surface area contributed by atoms with Gasteiger partial charge in [0, 0.05) is 11.5 Å². The maximum atomic E-state index is 12.5. The minimum Gasteiger partial charge on any atom is -0.345 e. The molecule has 0 aliphatic heterocycles. The predicted molar refractivity (Wildman–Crippen MR) is 102 cm³/mol. The minimum atomic E-state index is -0.292. The number of hydrogen-bond donors (Lipinski definition) is 3. The lowest BCUT2D eigenvalue weighted by Crippen LogP contribution is -2.30. The maximum Gasteiger partial charge on any atom is 0.323 e. The molecule has 1 heterocycles. The summed E-state index contributed by atoms with van der Waals surface area (Å²) in [6, 6.07) is 13.8. The van der Waals surface area contributed by atoms with Gasteiger partial charge in [0.25, 0.3) is 0 Å². The molecule has 3 N–H and O–H groups in total. The third-order valence-electron chi connectivity index (χ3n) is 5.07. The van der Waals surface area contributed by atoms with Crippen LogP contribution < -0.4 is 11.0 Å². The summed E-state index contributed by atoms with van der Waals surface area (Å²) in [4.78, 5) is 29.9. The Morgan fingerprint density at radius 2 is 1.73 bits per heavy atom. The highest BCUT2D eigenvalue weighted by molar-refractivity contribution is 5.84. The van der Waals surface area contributed by atoms with E-state index in [1.165, 1.54) is 5.56 Å². The molecule has 1 atom stereocenters. The van der Waals surface area contributed by atoms with E-state index in [1.807, 2.05) is 18.2 Å². The largest absolute Gasteiger partial charge is 0.345 e. The van der Waals surface area contributed by atoms with Crippen molar-refractivity contribution in [2.24, 2.45) is 5.92 Å². The van der Waals surface area contributed by atoms with Crippen molar-refractivity contribution in [2.75, 3.05) is 0 Å². The Kier molecular flexibility index (Phi) is 4.15. The summed E-state index contributed by atoms with van der Waals surface area (Å²) in [7, 11) is 0. The van der Waals surface area contributed by atoms with Crippen molar-refractivity contribution in [3.05, 3.63) is 69.6 Å². The maximum absolute atomic E-state index is 12.5. The van der Waals surface area contributed by atoms with Gasteiger partial charge in [-0.3, -0.25) is 4.79 Å². The Hall–Kier alpha value is -2.82. The van der Waals surface area contributed by atoms with E-state index >= 15 is 0 Å². The summed E-state index contributed by atoms with van der Waals surface area (Å²) < 4.78 is 0. The van der Waals surface area contributed by atoms with Crippen molar-refractivity contribution in [1.82, 2.24) is 15.3 Å². The van der Waals surface area contributed by atoms with Crippen molar-refractivity contribution >= 4 is 16.9 Å². The van der Waals surface area contributed by atoms with Gasteiger partial charge in [-0.05, 0) is 36.0 Å². The topological polar surface area (TPSA) is 77.8 Å². The van der Waals surface area contributed by atoms with E-state index in [0.717, 1.165) is 35.0 Å². The van der Waals surface area contributed by atoms with Gasteiger partial charge < -0.3 is 15.3 Å². The summed E-state index contributed by atoms with van der Waals surface area (Å²) in [5, 5.41) is 3.19. The van der Waals surface area contributed by atoms with E-state index in [4.69, 9.17) is 0 Å². The lowest BCUT2D eigenvalue weighted by Gasteiger charge is -2.21. The van der Waals surface area contributed by atoms with Crippen LogP contribution in [0.15, 0.2) is 47.3 Å². The summed E-state index contributed by atoms with van der Waals surface area (Å²) in [5.74, 6) is 0.655. The van der Waals surface area contributed by atoms with Crippen LogP contribution in [0.1, 0.15) is 55.3 Å². The van der Waals surface area contributed by atoms with Gasteiger partial charge >= 0.3 is 5.69 Å². The predicted octanol–water partition coefficient (Wildman–Crippen LogP) is 3.60. The number of H-pyrrole nitrogens is 2. The van der Waals surface area contributed by atoms with E-state index in [0.29, 0.717) is 5.92 Å². The zero-order valence-corrected chi connectivity index (χ0v) is 15.0. The Morgan fingerprint density at radius 3 is 2.38 bits per heavy atom. The van der Waals surface area contributed by atoms with Crippen molar-refractivity contribution < 1.29 is 4.79 Å². The average Bonchev–Trinajstić information content (AvgIpc) is 3.40. The van der Waals surface area contributed by atoms with Crippen molar-refractivity contribution in [3.8, 4) is 0 Å². The number of amides is 1. The van der Waals surface area contributed by atoms with E-state index in [-0.39, 0.29) is 23.6 Å². The van der Waals surface area contributed by atoms with E-state index in [9.17, 15) is 9.59 Å². The second-order valence-electron chi connectivity index (χ2n) is 7.39. The molecule has 1 saturated carbocycles. The van der Waals surface area contributed by atoms with Gasteiger partial charge in [0.15, 0.2) is 0 Å². The van der Waals surface area contributed by atoms with Crippen molar-refractivity contribution in [2.45, 2.75) is 38.6 Å². The zero-order valence-electron chi connectivity index (χ0n) is 15.0. The second kappa shape index (κ2) is 6.48. The first kappa shape index (κ1) is 16.6. The highest BCUT2D eigenvalue weighted by Crippen LogP contribution is 2.33. The molecule has 134 valence electrons. The van der Waals surface area contributed by atoms with Crippen LogP contribution in [0.5, 0.6) is 0 Å². The van der Waals surface area contributed by atoms with Crippen LogP contribution in [0.3, 0.4) is 0 Å². The van der Waals surface area contributed by atoms with Crippen LogP contribution in [0.4, 0.5) is 0 Å². The molecular formula is C21H23N3O2. The quantitative estimate of drug-likeness (QED) is 0.658. The molecule has 5 nitrogen and oxygen atoms in total. The van der Waals surface area contributed by atoms with Gasteiger partial charge in [0.1, 0.15) is 0 Å². The van der Waals surface area contributed by atoms with Crippen LogP contribution in [-0.2, 0) is 4.79 Å². The number of aromatic amines is 2. The highest BCUT2D eigenvalue weighted by Gasteiger charge is 2.32. The van der Waals surface area contributed by atoms with Gasteiger partial charge in [-0.15, -0.1) is 0 Å². The van der Waals surface area contributed by atoms with Crippen molar-refractivity contribution in [3.63, 3.8) is 0 Å². The molecule has 0 bridgehead atoms. The fraction of sp³-hybridized carbons (Fsp3) is 0.333. The molecular weight excluding hydrogens is 326 g/mol. The first-order chi connectivity index (χ1) is 12.5. The third kappa shape index (κ3) is 3.17. The number of nitrogens with one attached hydrogen (secondary N) is 3. The SMILES string of the molecule is CC(C)c1ccc(C(NC(=O)C2CC2)c2cccc3[nH]c(=O)[nH]c23)cc1. The Bertz CT molecular complexity index is 994. The lowest BCUT2D eigenvalue weighted by atomic mass is 9.94. The molecule has 5 heteroatoms. The molecule has 1 aliphatic carbocycles. The normalized spacial score (nSPS) is 15.3. The van der Waals surface area contributed by atoms with Gasteiger partial charge in [-0.25, -0.2) is 4.79 Å². The standard InChI is InChI=1S/C21H23N3O2/c1-12(2)13-6-8-14(9-7-13)18(23-20(25)15-10-11-15)16-4-3-5-17-19(16)24-21(26)22-17/h3-9,12,15,18H,10-11H2,1-2H3,(H,23,25)(H2,22,24,26). The molecule has 2 aromatic carbocycles. The zero-order chi connectivity index (χ0) is 18.3. The van der Waals surface area contributed by atoms with Crippen LogP contribution in [0.25, 0.3) is 11.0 Å². The number of fused-ring (bicyclic) bond motifs is 1. The second-order valence-corrected chi connectivity index (χ2v) is 7.39. The molecule has 4 rings (SSSR count). The highest BCUT2D eigenvalue weighted by atomic mass is 16.2. The van der Waals surface area contributed by atoms with E-state index in [1.54, 1.807) is 0 Å². The van der Waals surface area contributed by atoms with Gasteiger partial charge in [-0.2, -0.15) is 0 Å². The summed E-state index contributed by atoms with van der Waals surface area (Å²) in [5.41, 5.74) is 4.41. The smallest absolute Gasteiger partial charge is 0.323 e. The fourth-order valence-corrected chi connectivity index (χ4v) is 3.34. The van der Waals surface area contributed by atoms with Crippen molar-refractivity contribution in [1.29, 1.82) is 0 Å².